The number of benzene rings is 2. The van der Waals surface area contributed by atoms with Gasteiger partial charge in [-0.15, -0.1) is 11.3 Å². The minimum absolute atomic E-state index is 0.718. The summed E-state index contributed by atoms with van der Waals surface area (Å²) in [6, 6.07) is 15.6. The van der Waals surface area contributed by atoms with Crippen molar-refractivity contribution in [3.8, 4) is 11.3 Å². The van der Waals surface area contributed by atoms with Crippen molar-refractivity contribution in [3.05, 3.63) is 68.8 Å². The SMILES string of the molecule is Clc1ccc(N=c2scc(-c3ccc(Cl)cc3)n2CCCN2CCOCC2)cc1. The van der Waals surface area contributed by atoms with Gasteiger partial charge in [0.15, 0.2) is 4.80 Å². The van der Waals surface area contributed by atoms with E-state index in [-0.39, 0.29) is 0 Å². The lowest BCUT2D eigenvalue weighted by Gasteiger charge is -2.26. The molecule has 0 unspecified atom stereocenters. The van der Waals surface area contributed by atoms with Crippen molar-refractivity contribution in [2.75, 3.05) is 32.8 Å². The Bertz CT molecular complexity index is 990. The minimum Gasteiger partial charge on any atom is -0.379 e. The van der Waals surface area contributed by atoms with Crippen LogP contribution in [0.25, 0.3) is 11.3 Å². The quantitative estimate of drug-likeness (QED) is 0.500. The number of aromatic nitrogens is 1. The highest BCUT2D eigenvalue weighted by Gasteiger charge is 2.12. The van der Waals surface area contributed by atoms with Gasteiger partial charge in [-0.2, -0.15) is 0 Å². The van der Waals surface area contributed by atoms with E-state index in [0.29, 0.717) is 0 Å². The largest absolute Gasteiger partial charge is 0.379 e. The second kappa shape index (κ2) is 9.92. The monoisotopic (exact) mass is 447 g/mol. The Labute approximate surface area is 185 Å². The highest BCUT2D eigenvalue weighted by atomic mass is 35.5. The van der Waals surface area contributed by atoms with Crippen molar-refractivity contribution in [3.63, 3.8) is 0 Å². The molecule has 1 aromatic heterocycles. The molecule has 4 rings (SSSR count). The van der Waals surface area contributed by atoms with Gasteiger partial charge in [-0.25, -0.2) is 4.99 Å². The van der Waals surface area contributed by atoms with Crippen molar-refractivity contribution >= 4 is 40.2 Å². The number of rotatable bonds is 6. The Morgan fingerprint density at radius 1 is 0.897 bits per heavy atom. The molecule has 0 bridgehead atoms. The van der Waals surface area contributed by atoms with Crippen LogP contribution in [0.4, 0.5) is 5.69 Å². The number of thiazole rings is 1. The Kier molecular flexibility index (Phi) is 7.06. The summed E-state index contributed by atoms with van der Waals surface area (Å²) < 4.78 is 7.76. The molecule has 0 saturated carbocycles. The fourth-order valence-electron chi connectivity index (χ4n) is 3.39. The highest BCUT2D eigenvalue weighted by Crippen LogP contribution is 2.23. The summed E-state index contributed by atoms with van der Waals surface area (Å²) in [5.74, 6) is 0. The van der Waals surface area contributed by atoms with E-state index >= 15 is 0 Å². The van der Waals surface area contributed by atoms with Crippen LogP contribution in [0.1, 0.15) is 6.42 Å². The zero-order chi connectivity index (χ0) is 20.1. The maximum absolute atomic E-state index is 6.08. The van der Waals surface area contributed by atoms with Gasteiger partial charge in [0.2, 0.25) is 0 Å². The molecule has 0 radical (unpaired) electrons. The van der Waals surface area contributed by atoms with E-state index in [1.807, 2.05) is 36.4 Å². The fourth-order valence-corrected chi connectivity index (χ4v) is 4.60. The number of hydrogen-bond donors (Lipinski definition) is 0. The number of hydrogen-bond acceptors (Lipinski definition) is 4. The van der Waals surface area contributed by atoms with Crippen LogP contribution in [0, 0.1) is 0 Å². The summed E-state index contributed by atoms with van der Waals surface area (Å²) in [4.78, 5) is 8.33. The smallest absolute Gasteiger partial charge is 0.190 e. The summed E-state index contributed by atoms with van der Waals surface area (Å²) in [5, 5.41) is 3.64. The third-order valence-electron chi connectivity index (χ3n) is 4.95. The molecule has 3 aromatic rings. The van der Waals surface area contributed by atoms with Crippen molar-refractivity contribution in [1.29, 1.82) is 0 Å². The molecule has 0 amide bonds. The maximum Gasteiger partial charge on any atom is 0.190 e. The lowest BCUT2D eigenvalue weighted by molar-refractivity contribution is 0.0369. The van der Waals surface area contributed by atoms with E-state index in [9.17, 15) is 0 Å². The number of halogens is 2. The predicted molar refractivity (Wildman–Crippen MR) is 121 cm³/mol. The van der Waals surface area contributed by atoms with Crippen LogP contribution in [0.2, 0.25) is 10.0 Å². The van der Waals surface area contributed by atoms with Gasteiger partial charge in [-0.3, -0.25) is 4.90 Å². The molecule has 2 aromatic carbocycles. The maximum atomic E-state index is 6.08. The third-order valence-corrected chi connectivity index (χ3v) is 6.32. The van der Waals surface area contributed by atoms with Crippen LogP contribution in [0.15, 0.2) is 58.9 Å². The zero-order valence-corrected chi connectivity index (χ0v) is 18.4. The van der Waals surface area contributed by atoms with Gasteiger partial charge in [-0.05, 0) is 48.4 Å². The number of nitrogens with zero attached hydrogens (tertiary/aromatic N) is 3. The van der Waals surface area contributed by atoms with E-state index in [2.05, 4.69) is 27.0 Å². The Morgan fingerprint density at radius 2 is 1.55 bits per heavy atom. The first-order valence-corrected chi connectivity index (χ1v) is 11.4. The summed E-state index contributed by atoms with van der Waals surface area (Å²) in [6.07, 6.45) is 1.06. The van der Waals surface area contributed by atoms with Gasteiger partial charge in [0.1, 0.15) is 0 Å². The second-order valence-corrected chi connectivity index (χ2v) is 8.67. The van der Waals surface area contributed by atoms with Crippen LogP contribution in [0.3, 0.4) is 0 Å². The molecule has 0 aliphatic carbocycles. The van der Waals surface area contributed by atoms with E-state index in [0.717, 1.165) is 71.9 Å². The van der Waals surface area contributed by atoms with Crippen LogP contribution >= 0.6 is 34.5 Å². The molecule has 1 fully saturated rings. The van der Waals surface area contributed by atoms with Crippen LogP contribution in [-0.2, 0) is 11.3 Å². The molecule has 1 aliphatic rings. The lowest BCUT2D eigenvalue weighted by Crippen LogP contribution is -2.37. The second-order valence-electron chi connectivity index (χ2n) is 6.96. The first-order valence-electron chi connectivity index (χ1n) is 9.74. The Balaban J connectivity index is 1.61. The summed E-state index contributed by atoms with van der Waals surface area (Å²) >= 11 is 13.8. The molecule has 7 heteroatoms. The fraction of sp³-hybridized carbons (Fsp3) is 0.318. The third kappa shape index (κ3) is 5.50. The first kappa shape index (κ1) is 20.6. The molecule has 2 heterocycles. The molecular weight excluding hydrogens is 425 g/mol. The first-order chi connectivity index (χ1) is 14.2. The van der Waals surface area contributed by atoms with Gasteiger partial charge in [0.25, 0.3) is 0 Å². The van der Waals surface area contributed by atoms with E-state index in [1.54, 1.807) is 11.3 Å². The van der Waals surface area contributed by atoms with Crippen molar-refractivity contribution < 1.29 is 4.74 Å². The average Bonchev–Trinajstić information content (AvgIpc) is 3.13. The molecule has 152 valence electrons. The Morgan fingerprint density at radius 3 is 2.24 bits per heavy atom. The normalized spacial score (nSPS) is 15.7. The van der Waals surface area contributed by atoms with Gasteiger partial charge in [-0.1, -0.05) is 35.3 Å². The van der Waals surface area contributed by atoms with Gasteiger partial charge in [0.05, 0.1) is 24.6 Å². The molecule has 0 atom stereocenters. The average molecular weight is 448 g/mol. The molecule has 1 aliphatic heterocycles. The van der Waals surface area contributed by atoms with E-state index < -0.39 is 0 Å². The molecule has 29 heavy (non-hydrogen) atoms. The molecule has 0 spiro atoms. The van der Waals surface area contributed by atoms with Crippen LogP contribution < -0.4 is 4.80 Å². The van der Waals surface area contributed by atoms with Crippen molar-refractivity contribution in [1.82, 2.24) is 9.47 Å². The Hall–Kier alpha value is -1.63. The summed E-state index contributed by atoms with van der Waals surface area (Å²) in [7, 11) is 0. The van der Waals surface area contributed by atoms with Gasteiger partial charge < -0.3 is 9.30 Å². The minimum atomic E-state index is 0.718. The number of morpholine rings is 1. The van der Waals surface area contributed by atoms with Gasteiger partial charge in [0, 0.05) is 41.6 Å². The molecule has 0 N–H and O–H groups in total. The van der Waals surface area contributed by atoms with Crippen LogP contribution in [-0.4, -0.2) is 42.3 Å². The molecule has 4 nitrogen and oxygen atoms in total. The van der Waals surface area contributed by atoms with E-state index in [1.165, 1.54) is 5.69 Å². The highest BCUT2D eigenvalue weighted by molar-refractivity contribution is 7.07. The van der Waals surface area contributed by atoms with Crippen molar-refractivity contribution in [2.24, 2.45) is 4.99 Å². The van der Waals surface area contributed by atoms with Crippen molar-refractivity contribution in [2.45, 2.75) is 13.0 Å². The topological polar surface area (TPSA) is 29.8 Å². The zero-order valence-electron chi connectivity index (χ0n) is 16.1. The summed E-state index contributed by atoms with van der Waals surface area (Å²) in [6.45, 7) is 5.66. The van der Waals surface area contributed by atoms with E-state index in [4.69, 9.17) is 32.9 Å². The van der Waals surface area contributed by atoms with Crippen LogP contribution in [0.5, 0.6) is 0 Å². The molecular formula is C22H23Cl2N3OS. The lowest BCUT2D eigenvalue weighted by atomic mass is 10.2. The summed E-state index contributed by atoms with van der Waals surface area (Å²) in [5.41, 5.74) is 3.22. The predicted octanol–water partition coefficient (Wildman–Crippen LogP) is 5.48. The standard InChI is InChI=1S/C22H23Cl2N3OS/c23-18-4-2-17(3-5-18)21-16-29-22(25-20-8-6-19(24)7-9-20)27(21)11-1-10-26-12-14-28-15-13-26/h2-9,16H,1,10-15H2. The molecule has 1 saturated heterocycles. The van der Waals surface area contributed by atoms with Gasteiger partial charge >= 0.3 is 0 Å². The number of ether oxygens (including phenoxy) is 1.